The lowest BCUT2D eigenvalue weighted by atomic mass is 10.3. The van der Waals surface area contributed by atoms with Crippen molar-refractivity contribution < 1.29 is 9.53 Å². The Labute approximate surface area is 89.1 Å². The second-order valence-electron chi connectivity index (χ2n) is 3.29. The van der Waals surface area contributed by atoms with E-state index >= 15 is 0 Å². The van der Waals surface area contributed by atoms with Crippen LogP contribution in [0.25, 0.3) is 10.4 Å². The molecule has 0 atom stereocenters. The number of azide groups is 1. The third-order valence-electron chi connectivity index (χ3n) is 1.60. The lowest BCUT2D eigenvalue weighted by Gasteiger charge is -2.09. The Morgan fingerprint density at radius 3 is 2.80 bits per heavy atom. The van der Waals surface area contributed by atoms with E-state index in [0.29, 0.717) is 6.61 Å². The summed E-state index contributed by atoms with van der Waals surface area (Å²) in [6.07, 6.45) is 0.771. The zero-order chi connectivity index (χ0) is 11.7. The summed E-state index contributed by atoms with van der Waals surface area (Å²) in [5.41, 5.74) is 8.21. The van der Waals surface area contributed by atoms with Gasteiger partial charge in [-0.2, -0.15) is 0 Å². The lowest BCUT2D eigenvalue weighted by molar-refractivity contribution is -0.139. The van der Waals surface area contributed by atoms with Gasteiger partial charge >= 0.3 is 5.97 Å². The second-order valence-corrected chi connectivity index (χ2v) is 3.29. The van der Waals surface area contributed by atoms with E-state index in [2.05, 4.69) is 16.6 Å². The van der Waals surface area contributed by atoms with Crippen molar-refractivity contribution in [1.29, 1.82) is 0 Å². The van der Waals surface area contributed by atoms with E-state index in [4.69, 9.17) is 10.3 Å². The van der Waals surface area contributed by atoms with Crippen LogP contribution in [0.15, 0.2) is 17.3 Å². The van der Waals surface area contributed by atoms with Crippen LogP contribution in [0.1, 0.15) is 6.42 Å². The molecule has 0 aromatic rings. The van der Waals surface area contributed by atoms with Gasteiger partial charge in [-0.3, -0.25) is 0 Å². The predicted molar refractivity (Wildman–Crippen MR) is 57.3 cm³/mol. The molecule has 15 heavy (non-hydrogen) atoms. The Bertz CT molecular complexity index is 269. The van der Waals surface area contributed by atoms with Crippen LogP contribution in [0.3, 0.4) is 0 Å². The minimum atomic E-state index is -0.499. The topological polar surface area (TPSA) is 78.3 Å². The van der Waals surface area contributed by atoms with Crippen LogP contribution < -0.4 is 0 Å². The average Bonchev–Trinajstić information content (AvgIpc) is 2.20. The first-order chi connectivity index (χ1) is 7.07. The van der Waals surface area contributed by atoms with Gasteiger partial charge in [0.25, 0.3) is 0 Å². The Balaban J connectivity index is 3.64. The van der Waals surface area contributed by atoms with Gasteiger partial charge in [0.15, 0.2) is 0 Å². The molecule has 0 N–H and O–H groups in total. The molecule has 6 heteroatoms. The Kier molecular flexibility index (Phi) is 7.05. The summed E-state index contributed by atoms with van der Waals surface area (Å²) in [7, 11) is 3.89. The van der Waals surface area contributed by atoms with Crippen molar-refractivity contribution in [1.82, 2.24) is 4.90 Å². The molecule has 0 unspecified atom stereocenters. The molecule has 0 saturated carbocycles. The van der Waals surface area contributed by atoms with Gasteiger partial charge in [0.05, 0.1) is 13.2 Å². The van der Waals surface area contributed by atoms with Crippen molar-refractivity contribution in [2.24, 2.45) is 5.11 Å². The van der Waals surface area contributed by atoms with E-state index in [-0.39, 0.29) is 12.1 Å². The van der Waals surface area contributed by atoms with E-state index in [9.17, 15) is 4.79 Å². The number of esters is 1. The van der Waals surface area contributed by atoms with Crippen LogP contribution in [0.2, 0.25) is 0 Å². The SMILES string of the molecule is C=C(CN=[N+]=[N-])C(=O)OCCCN(C)C. The number of rotatable bonds is 7. The third kappa shape index (κ3) is 7.54. The first-order valence-corrected chi connectivity index (χ1v) is 4.58. The number of ether oxygens (including phenoxy) is 1. The molecule has 0 aromatic heterocycles. The molecule has 0 radical (unpaired) electrons. The highest BCUT2D eigenvalue weighted by Gasteiger charge is 2.06. The van der Waals surface area contributed by atoms with Crippen LogP contribution in [-0.4, -0.2) is 44.7 Å². The van der Waals surface area contributed by atoms with Crippen molar-refractivity contribution in [3.05, 3.63) is 22.6 Å². The predicted octanol–water partition coefficient (Wildman–Crippen LogP) is 1.35. The summed E-state index contributed by atoms with van der Waals surface area (Å²) in [5.74, 6) is -0.499. The molecule has 6 nitrogen and oxygen atoms in total. The zero-order valence-corrected chi connectivity index (χ0v) is 9.14. The van der Waals surface area contributed by atoms with Crippen LogP contribution in [0, 0.1) is 0 Å². The second kappa shape index (κ2) is 7.84. The van der Waals surface area contributed by atoms with Gasteiger partial charge in [-0.05, 0) is 26.0 Å². The monoisotopic (exact) mass is 212 g/mol. The molecule has 0 fully saturated rings. The van der Waals surface area contributed by atoms with Gasteiger partial charge in [0, 0.05) is 17.0 Å². The van der Waals surface area contributed by atoms with Crippen LogP contribution >= 0.6 is 0 Å². The van der Waals surface area contributed by atoms with Gasteiger partial charge in [0.2, 0.25) is 0 Å². The minimum absolute atomic E-state index is 0.0387. The Morgan fingerprint density at radius 1 is 1.60 bits per heavy atom. The van der Waals surface area contributed by atoms with E-state index in [1.54, 1.807) is 0 Å². The highest BCUT2D eigenvalue weighted by atomic mass is 16.5. The Morgan fingerprint density at radius 2 is 2.27 bits per heavy atom. The molecule has 0 heterocycles. The van der Waals surface area contributed by atoms with Crippen LogP contribution in [-0.2, 0) is 9.53 Å². The summed E-state index contributed by atoms with van der Waals surface area (Å²) in [4.78, 5) is 15.7. The van der Waals surface area contributed by atoms with Crippen molar-refractivity contribution in [2.75, 3.05) is 33.8 Å². The maximum absolute atomic E-state index is 11.2. The molecule has 0 rings (SSSR count). The third-order valence-corrected chi connectivity index (χ3v) is 1.60. The molecule has 0 aromatic carbocycles. The summed E-state index contributed by atoms with van der Waals surface area (Å²) in [5, 5.41) is 3.22. The van der Waals surface area contributed by atoms with Crippen molar-refractivity contribution in [3.8, 4) is 0 Å². The largest absolute Gasteiger partial charge is 0.462 e. The Hall–Kier alpha value is -1.52. The van der Waals surface area contributed by atoms with Crippen LogP contribution in [0.4, 0.5) is 0 Å². The van der Waals surface area contributed by atoms with Gasteiger partial charge in [-0.25, -0.2) is 4.79 Å². The normalized spacial score (nSPS) is 9.53. The molecule has 0 aliphatic heterocycles. The zero-order valence-electron chi connectivity index (χ0n) is 9.14. The van der Waals surface area contributed by atoms with Gasteiger partial charge in [-0.15, -0.1) is 0 Å². The maximum atomic E-state index is 11.2. The molecule has 0 saturated heterocycles. The number of carbonyl (C=O) groups excluding carboxylic acids is 1. The van der Waals surface area contributed by atoms with Crippen molar-refractivity contribution in [3.63, 3.8) is 0 Å². The summed E-state index contributed by atoms with van der Waals surface area (Å²) in [6.45, 7) is 4.63. The molecular formula is C9H16N4O2. The maximum Gasteiger partial charge on any atom is 0.333 e. The number of carbonyl (C=O) groups is 1. The van der Waals surface area contributed by atoms with Crippen molar-refractivity contribution in [2.45, 2.75) is 6.42 Å². The molecule has 0 aliphatic rings. The fraction of sp³-hybridized carbons (Fsp3) is 0.667. The minimum Gasteiger partial charge on any atom is -0.462 e. The van der Waals surface area contributed by atoms with E-state index < -0.39 is 5.97 Å². The highest BCUT2D eigenvalue weighted by Crippen LogP contribution is 1.97. The van der Waals surface area contributed by atoms with E-state index in [0.717, 1.165) is 13.0 Å². The van der Waals surface area contributed by atoms with Gasteiger partial charge < -0.3 is 9.64 Å². The molecule has 0 bridgehead atoms. The van der Waals surface area contributed by atoms with E-state index in [1.165, 1.54) is 0 Å². The van der Waals surface area contributed by atoms with Crippen molar-refractivity contribution >= 4 is 5.97 Å². The molecule has 0 amide bonds. The fourth-order valence-electron chi connectivity index (χ4n) is 0.829. The standard InChI is InChI=1S/C9H16N4O2/c1-8(7-11-12-10)9(14)15-6-4-5-13(2)3/h1,4-7H2,2-3H3. The molecule has 0 aliphatic carbocycles. The van der Waals surface area contributed by atoms with E-state index in [1.807, 2.05) is 19.0 Å². The molecular weight excluding hydrogens is 196 g/mol. The first kappa shape index (κ1) is 13.5. The highest BCUT2D eigenvalue weighted by molar-refractivity contribution is 5.88. The molecule has 0 spiro atoms. The smallest absolute Gasteiger partial charge is 0.333 e. The first-order valence-electron chi connectivity index (χ1n) is 4.58. The summed E-state index contributed by atoms with van der Waals surface area (Å²) < 4.78 is 4.90. The number of hydrogen-bond donors (Lipinski definition) is 0. The van der Waals surface area contributed by atoms with Crippen LogP contribution in [0.5, 0.6) is 0 Å². The number of hydrogen-bond acceptors (Lipinski definition) is 4. The summed E-state index contributed by atoms with van der Waals surface area (Å²) >= 11 is 0. The quantitative estimate of drug-likeness (QED) is 0.159. The van der Waals surface area contributed by atoms with Gasteiger partial charge in [0.1, 0.15) is 0 Å². The van der Waals surface area contributed by atoms with Gasteiger partial charge in [-0.1, -0.05) is 11.7 Å². The molecule has 84 valence electrons. The fourth-order valence-corrected chi connectivity index (χ4v) is 0.829. The summed E-state index contributed by atoms with van der Waals surface area (Å²) in [6, 6.07) is 0. The lowest BCUT2D eigenvalue weighted by Crippen LogP contribution is -2.17. The number of nitrogens with zero attached hydrogens (tertiary/aromatic N) is 4. The average molecular weight is 212 g/mol.